The van der Waals surface area contributed by atoms with Gasteiger partial charge in [0.1, 0.15) is 0 Å². The van der Waals surface area contributed by atoms with Crippen LogP contribution in [0.3, 0.4) is 0 Å². The second-order valence-electron chi connectivity index (χ2n) is 4.44. The molecule has 1 rings (SSSR count). The lowest BCUT2D eigenvalue weighted by Gasteiger charge is -2.12. The zero-order chi connectivity index (χ0) is 14.3. The Morgan fingerprint density at radius 1 is 1.26 bits per heavy atom. The van der Waals surface area contributed by atoms with Crippen LogP contribution in [0.25, 0.3) is 0 Å². The Hall–Kier alpha value is -1.35. The number of unbranched alkanes of at least 4 members (excludes halogenated alkanes) is 1. The molecule has 0 fully saturated rings. The number of carbonyl (C=O) groups excluding carboxylic acids is 2. The largest absolute Gasteiger partial charge is 0.389 e. The molecule has 0 saturated heterocycles. The summed E-state index contributed by atoms with van der Waals surface area (Å²) >= 11 is 5.89. The van der Waals surface area contributed by atoms with Gasteiger partial charge in [-0.05, 0) is 25.0 Å². The highest BCUT2D eigenvalue weighted by molar-refractivity contribution is 6.33. The van der Waals surface area contributed by atoms with Crippen molar-refractivity contribution in [2.75, 3.05) is 0 Å². The Morgan fingerprint density at radius 2 is 1.95 bits per heavy atom. The van der Waals surface area contributed by atoms with Crippen LogP contribution in [0.5, 0.6) is 0 Å². The third-order valence-corrected chi connectivity index (χ3v) is 3.35. The number of carbonyl (C=O) groups is 2. The lowest BCUT2D eigenvalue weighted by Crippen LogP contribution is -2.21. The summed E-state index contributed by atoms with van der Waals surface area (Å²) in [6.07, 6.45) is 3.40. The van der Waals surface area contributed by atoms with Crippen LogP contribution in [-0.4, -0.2) is 11.9 Å². The lowest BCUT2D eigenvalue weighted by molar-refractivity contribution is -0.143. The van der Waals surface area contributed by atoms with Gasteiger partial charge >= 0.3 is 11.9 Å². The van der Waals surface area contributed by atoms with E-state index in [9.17, 15) is 9.59 Å². The van der Waals surface area contributed by atoms with Crippen LogP contribution >= 0.6 is 11.6 Å². The smallest absolute Gasteiger partial charge is 0.347 e. The Balaban J connectivity index is 2.65. The van der Waals surface area contributed by atoms with Gasteiger partial charge in [-0.15, -0.1) is 0 Å². The summed E-state index contributed by atoms with van der Waals surface area (Å²) in [5.74, 6) is -1.35. The first-order valence-electron chi connectivity index (χ1n) is 6.60. The van der Waals surface area contributed by atoms with Crippen LogP contribution in [-0.2, 0) is 9.53 Å². The van der Waals surface area contributed by atoms with Gasteiger partial charge in [0.15, 0.2) is 0 Å². The summed E-state index contributed by atoms with van der Waals surface area (Å²) in [6, 6.07) is 6.54. The van der Waals surface area contributed by atoms with Crippen molar-refractivity contribution in [3.63, 3.8) is 0 Å². The molecule has 0 amide bonds. The van der Waals surface area contributed by atoms with Crippen LogP contribution in [0.1, 0.15) is 49.9 Å². The van der Waals surface area contributed by atoms with Crippen molar-refractivity contribution in [2.45, 2.75) is 39.5 Å². The number of hydrogen-bond acceptors (Lipinski definition) is 3. The third kappa shape index (κ3) is 4.67. The first-order chi connectivity index (χ1) is 9.10. The predicted octanol–water partition coefficient (Wildman–Crippen LogP) is 4.24. The van der Waals surface area contributed by atoms with Gasteiger partial charge in [-0.3, -0.25) is 4.79 Å². The molecule has 0 radical (unpaired) electrons. The van der Waals surface area contributed by atoms with E-state index >= 15 is 0 Å². The van der Waals surface area contributed by atoms with E-state index in [1.807, 2.05) is 6.92 Å². The van der Waals surface area contributed by atoms with E-state index in [-0.39, 0.29) is 11.5 Å². The Morgan fingerprint density at radius 3 is 2.53 bits per heavy atom. The molecule has 4 heteroatoms. The van der Waals surface area contributed by atoms with Crippen LogP contribution in [0.15, 0.2) is 24.3 Å². The maximum Gasteiger partial charge on any atom is 0.347 e. The molecule has 3 nitrogen and oxygen atoms in total. The van der Waals surface area contributed by atoms with Crippen molar-refractivity contribution >= 4 is 23.5 Å². The predicted molar refractivity (Wildman–Crippen MR) is 75.2 cm³/mol. The molecule has 0 aliphatic carbocycles. The van der Waals surface area contributed by atoms with Gasteiger partial charge in [-0.25, -0.2) is 4.79 Å². The highest BCUT2D eigenvalue weighted by Crippen LogP contribution is 2.19. The molecule has 0 spiro atoms. The topological polar surface area (TPSA) is 43.4 Å². The van der Waals surface area contributed by atoms with Crippen molar-refractivity contribution in [2.24, 2.45) is 5.92 Å². The molecule has 0 aliphatic heterocycles. The van der Waals surface area contributed by atoms with Gasteiger partial charge in [0.05, 0.1) is 16.5 Å². The zero-order valence-corrected chi connectivity index (χ0v) is 12.1. The summed E-state index contributed by atoms with van der Waals surface area (Å²) in [4.78, 5) is 23.7. The minimum Gasteiger partial charge on any atom is -0.389 e. The molecular formula is C15H19ClO3. The van der Waals surface area contributed by atoms with E-state index < -0.39 is 11.9 Å². The van der Waals surface area contributed by atoms with Crippen LogP contribution in [0, 0.1) is 5.92 Å². The van der Waals surface area contributed by atoms with Crippen LogP contribution < -0.4 is 0 Å². The average Bonchev–Trinajstić information content (AvgIpc) is 2.40. The van der Waals surface area contributed by atoms with E-state index in [1.165, 1.54) is 0 Å². The Labute approximate surface area is 118 Å². The van der Waals surface area contributed by atoms with Crippen molar-refractivity contribution in [3.8, 4) is 0 Å². The van der Waals surface area contributed by atoms with E-state index in [4.69, 9.17) is 16.3 Å². The molecule has 0 aliphatic rings. The summed E-state index contributed by atoms with van der Waals surface area (Å²) in [6.45, 7) is 3.98. The number of hydrogen-bond donors (Lipinski definition) is 0. The van der Waals surface area contributed by atoms with Crippen LogP contribution in [0.4, 0.5) is 0 Å². The number of benzene rings is 1. The van der Waals surface area contributed by atoms with E-state index in [0.717, 1.165) is 19.3 Å². The summed E-state index contributed by atoms with van der Waals surface area (Å²) in [5.41, 5.74) is 0.225. The summed E-state index contributed by atoms with van der Waals surface area (Å²) in [7, 11) is 0. The fraction of sp³-hybridized carbons (Fsp3) is 0.467. The molecule has 1 aromatic rings. The van der Waals surface area contributed by atoms with Gasteiger partial charge in [-0.1, -0.05) is 50.4 Å². The second-order valence-corrected chi connectivity index (χ2v) is 4.84. The molecular weight excluding hydrogens is 264 g/mol. The van der Waals surface area contributed by atoms with E-state index in [2.05, 4.69) is 6.92 Å². The highest BCUT2D eigenvalue weighted by Gasteiger charge is 2.22. The normalized spacial score (nSPS) is 11.9. The number of esters is 2. The fourth-order valence-electron chi connectivity index (χ4n) is 1.80. The molecule has 1 aromatic carbocycles. The second kappa shape index (κ2) is 7.95. The third-order valence-electron chi connectivity index (χ3n) is 3.02. The Bertz CT molecular complexity index is 443. The highest BCUT2D eigenvalue weighted by atomic mass is 35.5. The molecule has 1 unspecified atom stereocenters. The molecule has 19 heavy (non-hydrogen) atoms. The minimum absolute atomic E-state index is 0.216. The molecule has 0 saturated carbocycles. The summed E-state index contributed by atoms with van der Waals surface area (Å²) < 4.78 is 4.91. The van der Waals surface area contributed by atoms with Gasteiger partial charge in [0.25, 0.3) is 0 Å². The van der Waals surface area contributed by atoms with Gasteiger partial charge in [-0.2, -0.15) is 0 Å². The Kier molecular flexibility index (Phi) is 6.57. The quantitative estimate of drug-likeness (QED) is 0.579. The van der Waals surface area contributed by atoms with Gasteiger partial charge < -0.3 is 4.74 Å². The average molecular weight is 283 g/mol. The number of halogens is 1. The van der Waals surface area contributed by atoms with Crippen molar-refractivity contribution < 1.29 is 14.3 Å². The molecule has 104 valence electrons. The standard InChI is InChI=1S/C15H19ClO3/c1-3-5-8-11(4-2)14(17)19-15(18)12-9-6-7-10-13(12)16/h6-7,9-11H,3-5,8H2,1-2H3. The maximum absolute atomic E-state index is 11.9. The number of rotatable bonds is 6. The fourth-order valence-corrected chi connectivity index (χ4v) is 2.01. The van der Waals surface area contributed by atoms with Crippen molar-refractivity contribution in [1.82, 2.24) is 0 Å². The van der Waals surface area contributed by atoms with E-state index in [0.29, 0.717) is 11.4 Å². The molecule has 0 heterocycles. The first-order valence-corrected chi connectivity index (χ1v) is 6.98. The SMILES string of the molecule is CCCCC(CC)C(=O)OC(=O)c1ccccc1Cl. The molecule has 0 N–H and O–H groups in total. The van der Waals surface area contributed by atoms with Crippen molar-refractivity contribution in [3.05, 3.63) is 34.9 Å². The first kappa shape index (κ1) is 15.7. The van der Waals surface area contributed by atoms with Crippen molar-refractivity contribution in [1.29, 1.82) is 0 Å². The molecule has 0 bridgehead atoms. The molecule has 0 aromatic heterocycles. The molecule has 1 atom stereocenters. The summed E-state index contributed by atoms with van der Waals surface area (Å²) in [5, 5.41) is 0.293. The maximum atomic E-state index is 11.9. The monoisotopic (exact) mass is 282 g/mol. The van der Waals surface area contributed by atoms with Gasteiger partial charge in [0.2, 0.25) is 0 Å². The van der Waals surface area contributed by atoms with E-state index in [1.54, 1.807) is 24.3 Å². The van der Waals surface area contributed by atoms with Gasteiger partial charge in [0, 0.05) is 0 Å². The van der Waals surface area contributed by atoms with Crippen LogP contribution in [0.2, 0.25) is 5.02 Å². The lowest BCUT2D eigenvalue weighted by atomic mass is 10.00. The minimum atomic E-state index is -0.675. The number of ether oxygens (including phenoxy) is 1. The zero-order valence-electron chi connectivity index (χ0n) is 11.3.